The number of carbonyl (C=O) groups excluding carboxylic acids is 1. The fourth-order valence-corrected chi connectivity index (χ4v) is 4.54. The second kappa shape index (κ2) is 8.58. The number of carbonyl (C=O) groups is 1. The minimum atomic E-state index is -3.83. The third kappa shape index (κ3) is 4.43. The minimum absolute atomic E-state index is 0.0698. The first-order chi connectivity index (χ1) is 15.2. The van der Waals surface area contributed by atoms with Crippen LogP contribution in [-0.4, -0.2) is 27.5 Å². The Kier molecular flexibility index (Phi) is 5.84. The number of ether oxygens (including phenoxy) is 2. The number of sulfonamides is 1. The highest BCUT2D eigenvalue weighted by Gasteiger charge is 2.20. The number of furan rings is 1. The maximum atomic E-state index is 12.8. The number of benzene rings is 2. The van der Waals surface area contributed by atoms with Crippen LogP contribution >= 0.6 is 0 Å². The molecule has 3 aromatic rings. The summed E-state index contributed by atoms with van der Waals surface area (Å²) in [7, 11) is -3.83. The highest BCUT2D eigenvalue weighted by atomic mass is 32.2. The zero-order valence-corrected chi connectivity index (χ0v) is 18.8. The average Bonchev–Trinajstić information content (AvgIpc) is 2.91. The molecule has 0 saturated carbocycles. The molecule has 1 aromatic heterocycles. The van der Waals surface area contributed by atoms with E-state index in [2.05, 4.69) is 10.0 Å². The Balaban J connectivity index is 1.47. The van der Waals surface area contributed by atoms with Gasteiger partial charge in [-0.1, -0.05) is 0 Å². The van der Waals surface area contributed by atoms with Crippen LogP contribution in [-0.2, 0) is 10.0 Å². The van der Waals surface area contributed by atoms with Crippen LogP contribution < -0.4 is 19.5 Å². The molecule has 2 N–H and O–H groups in total. The summed E-state index contributed by atoms with van der Waals surface area (Å²) in [5, 5.41) is 2.81. The molecule has 32 heavy (non-hydrogen) atoms. The van der Waals surface area contributed by atoms with Crippen LogP contribution in [0.4, 0.5) is 11.4 Å². The van der Waals surface area contributed by atoms with Gasteiger partial charge >= 0.3 is 0 Å². The lowest BCUT2D eigenvalue weighted by Crippen LogP contribution is -2.14. The maximum absolute atomic E-state index is 12.8. The van der Waals surface area contributed by atoms with Crippen molar-refractivity contribution >= 4 is 27.3 Å². The summed E-state index contributed by atoms with van der Waals surface area (Å²) >= 11 is 0. The Labute approximate surface area is 186 Å². The second-order valence-corrected chi connectivity index (χ2v) is 9.19. The smallest absolute Gasteiger partial charge is 0.262 e. The Morgan fingerprint density at radius 2 is 1.53 bits per heavy atom. The van der Waals surface area contributed by atoms with Gasteiger partial charge in [-0.2, -0.15) is 0 Å². The van der Waals surface area contributed by atoms with E-state index >= 15 is 0 Å². The van der Waals surface area contributed by atoms with E-state index in [1.165, 1.54) is 12.1 Å². The molecule has 0 bridgehead atoms. The van der Waals surface area contributed by atoms with Crippen LogP contribution in [0.25, 0.3) is 0 Å². The Morgan fingerprint density at radius 1 is 0.875 bits per heavy atom. The predicted octanol–water partition coefficient (Wildman–Crippen LogP) is 4.42. The molecule has 0 radical (unpaired) electrons. The first kappa shape index (κ1) is 21.8. The van der Waals surface area contributed by atoms with Crippen molar-refractivity contribution < 1.29 is 27.1 Å². The highest BCUT2D eigenvalue weighted by Crippen LogP contribution is 2.32. The number of hydrogen-bond acceptors (Lipinski definition) is 6. The number of anilines is 2. The first-order valence-corrected chi connectivity index (χ1v) is 11.6. The van der Waals surface area contributed by atoms with Gasteiger partial charge in [-0.3, -0.25) is 9.52 Å². The van der Waals surface area contributed by atoms with E-state index in [4.69, 9.17) is 13.9 Å². The molecule has 4 rings (SSSR count). The van der Waals surface area contributed by atoms with Crippen LogP contribution in [0, 0.1) is 20.8 Å². The van der Waals surface area contributed by atoms with Crippen molar-refractivity contribution in [1.29, 1.82) is 0 Å². The first-order valence-electron chi connectivity index (χ1n) is 10.1. The van der Waals surface area contributed by atoms with Crippen molar-refractivity contribution in [1.82, 2.24) is 0 Å². The Bertz CT molecular complexity index is 1260. The Hall–Kier alpha value is -3.46. The molecule has 1 aliphatic rings. The van der Waals surface area contributed by atoms with Gasteiger partial charge in [-0.15, -0.1) is 0 Å². The number of fused-ring (bicyclic) bond motifs is 1. The van der Waals surface area contributed by atoms with Crippen molar-refractivity contribution in [3.8, 4) is 11.5 Å². The molecule has 0 atom stereocenters. The largest absolute Gasteiger partial charge is 0.490 e. The Morgan fingerprint density at radius 3 is 2.19 bits per heavy atom. The molecular weight excluding hydrogens is 432 g/mol. The molecule has 0 unspecified atom stereocenters. The quantitative estimate of drug-likeness (QED) is 0.589. The lowest BCUT2D eigenvalue weighted by Gasteiger charge is -2.12. The highest BCUT2D eigenvalue weighted by molar-refractivity contribution is 7.92. The standard InChI is InChI=1S/C23H24N2O6S/c1-14-15(2)31-16(3)22(14)23(26)24-17-5-7-18(8-6-17)25-32(27,28)19-9-10-20-21(13-19)30-12-4-11-29-20/h5-10,13,25H,4,11-12H2,1-3H3,(H,24,26). The molecule has 2 aromatic carbocycles. The van der Waals surface area contributed by atoms with Gasteiger partial charge in [0.05, 0.1) is 23.7 Å². The molecular formula is C23H24N2O6S. The molecule has 0 saturated heterocycles. The van der Waals surface area contributed by atoms with Crippen LogP contribution in [0.5, 0.6) is 11.5 Å². The van der Waals surface area contributed by atoms with E-state index in [1.54, 1.807) is 37.3 Å². The number of amides is 1. The lowest BCUT2D eigenvalue weighted by atomic mass is 10.1. The lowest BCUT2D eigenvalue weighted by molar-refractivity contribution is 0.102. The summed E-state index contributed by atoms with van der Waals surface area (Å²) in [6.07, 6.45) is 0.733. The maximum Gasteiger partial charge on any atom is 0.262 e. The molecule has 0 fully saturated rings. The summed E-state index contributed by atoms with van der Waals surface area (Å²) in [6, 6.07) is 10.9. The summed E-state index contributed by atoms with van der Waals surface area (Å²) in [4.78, 5) is 12.7. The molecule has 0 aliphatic carbocycles. The molecule has 8 nitrogen and oxygen atoms in total. The van der Waals surface area contributed by atoms with E-state index in [9.17, 15) is 13.2 Å². The predicted molar refractivity (Wildman–Crippen MR) is 120 cm³/mol. The molecule has 2 heterocycles. The number of aryl methyl sites for hydroxylation is 2. The van der Waals surface area contributed by atoms with Gasteiger partial charge < -0.3 is 19.2 Å². The van der Waals surface area contributed by atoms with E-state index in [0.717, 1.165) is 12.0 Å². The van der Waals surface area contributed by atoms with E-state index < -0.39 is 10.0 Å². The van der Waals surface area contributed by atoms with Crippen LogP contribution in [0.1, 0.15) is 33.9 Å². The van der Waals surface area contributed by atoms with Gasteiger partial charge in [0.2, 0.25) is 0 Å². The third-order valence-electron chi connectivity index (χ3n) is 5.21. The van der Waals surface area contributed by atoms with Gasteiger partial charge in [0.15, 0.2) is 11.5 Å². The van der Waals surface area contributed by atoms with E-state index in [1.807, 2.05) is 13.8 Å². The number of rotatable bonds is 5. The third-order valence-corrected chi connectivity index (χ3v) is 6.59. The normalized spacial score (nSPS) is 13.3. The van der Waals surface area contributed by atoms with Crippen LogP contribution in [0.2, 0.25) is 0 Å². The van der Waals surface area contributed by atoms with E-state index in [-0.39, 0.29) is 10.8 Å². The molecule has 9 heteroatoms. The molecule has 1 aliphatic heterocycles. The number of nitrogens with one attached hydrogen (secondary N) is 2. The van der Waals surface area contributed by atoms with Gasteiger partial charge in [0.1, 0.15) is 11.5 Å². The fourth-order valence-electron chi connectivity index (χ4n) is 3.47. The zero-order valence-electron chi connectivity index (χ0n) is 18.0. The summed E-state index contributed by atoms with van der Waals surface area (Å²) in [6.45, 7) is 6.38. The SMILES string of the molecule is Cc1oc(C)c(C(=O)Nc2ccc(NS(=O)(=O)c3ccc4c(c3)OCCCO4)cc2)c1C. The summed E-state index contributed by atoms with van der Waals surface area (Å²) < 4.78 is 44.8. The van der Waals surface area contributed by atoms with Gasteiger partial charge in [-0.25, -0.2) is 8.42 Å². The molecule has 168 valence electrons. The van der Waals surface area contributed by atoms with Crippen molar-refractivity contribution in [2.75, 3.05) is 23.3 Å². The summed E-state index contributed by atoms with van der Waals surface area (Å²) in [5.41, 5.74) is 2.19. The van der Waals surface area contributed by atoms with Crippen LogP contribution in [0.15, 0.2) is 51.8 Å². The van der Waals surface area contributed by atoms with Gasteiger partial charge in [-0.05, 0) is 57.2 Å². The van der Waals surface area contributed by atoms with Gasteiger partial charge in [0, 0.05) is 29.4 Å². The zero-order chi connectivity index (χ0) is 22.9. The second-order valence-electron chi connectivity index (χ2n) is 7.51. The van der Waals surface area contributed by atoms with Crippen molar-refractivity contribution in [3.63, 3.8) is 0 Å². The van der Waals surface area contributed by atoms with Gasteiger partial charge in [0.25, 0.3) is 15.9 Å². The minimum Gasteiger partial charge on any atom is -0.490 e. The molecule has 1 amide bonds. The topological polar surface area (TPSA) is 107 Å². The van der Waals surface area contributed by atoms with Crippen molar-refractivity contribution in [2.24, 2.45) is 0 Å². The van der Waals surface area contributed by atoms with Crippen LogP contribution in [0.3, 0.4) is 0 Å². The number of hydrogen-bond donors (Lipinski definition) is 2. The van der Waals surface area contributed by atoms with E-state index in [0.29, 0.717) is 53.2 Å². The van der Waals surface area contributed by atoms with Crippen molar-refractivity contribution in [2.45, 2.75) is 32.1 Å². The summed E-state index contributed by atoms with van der Waals surface area (Å²) in [5.74, 6) is 1.91. The monoisotopic (exact) mass is 456 g/mol. The molecule has 0 spiro atoms. The van der Waals surface area contributed by atoms with Crippen molar-refractivity contribution in [3.05, 3.63) is 65.1 Å². The fraction of sp³-hybridized carbons (Fsp3) is 0.261. The average molecular weight is 457 g/mol.